The number of ether oxygens (including phenoxy) is 2. The van der Waals surface area contributed by atoms with Gasteiger partial charge in [-0.15, -0.1) is 0 Å². The van der Waals surface area contributed by atoms with Crippen molar-refractivity contribution in [2.24, 2.45) is 9.98 Å². The fraction of sp³-hybridized carbons (Fsp3) is 0.696. The summed E-state index contributed by atoms with van der Waals surface area (Å²) in [7, 11) is 0. The quantitative estimate of drug-likeness (QED) is 0.0404. The molecule has 6 heteroatoms. The van der Waals surface area contributed by atoms with Crippen molar-refractivity contribution in [3.8, 4) is 11.5 Å². The fourth-order valence-corrected chi connectivity index (χ4v) is 7.13. The number of hydrogen-bond acceptors (Lipinski definition) is 6. The molecule has 0 fully saturated rings. The molecule has 0 heterocycles. The van der Waals surface area contributed by atoms with Gasteiger partial charge in [-0.2, -0.15) is 9.98 Å². The Balaban J connectivity index is 1.75. The third-order valence-electron chi connectivity index (χ3n) is 10.2. The molecule has 0 atom stereocenters. The van der Waals surface area contributed by atoms with Crippen LogP contribution in [0.15, 0.2) is 46.4 Å². The Labute approximate surface area is 317 Å². The molecule has 0 amide bonds. The first-order valence-electron chi connectivity index (χ1n) is 21.4. The molecule has 0 N–H and O–H groups in total. The molecule has 2 aromatic rings. The maximum Gasteiger partial charge on any atom is 0.240 e. The molecule has 0 saturated carbocycles. The van der Waals surface area contributed by atoms with Crippen molar-refractivity contribution in [3.05, 3.63) is 47.5 Å². The molecule has 2 rings (SSSR count). The van der Waals surface area contributed by atoms with Crippen LogP contribution in [0.5, 0.6) is 11.5 Å². The highest BCUT2D eigenvalue weighted by Crippen LogP contribution is 2.32. The van der Waals surface area contributed by atoms with Gasteiger partial charge in [-0.25, -0.2) is 9.59 Å². The summed E-state index contributed by atoms with van der Waals surface area (Å²) in [6, 6.07) is 11.3. The average Bonchev–Trinajstić information content (AvgIpc) is 3.15. The third-order valence-corrected chi connectivity index (χ3v) is 10.2. The van der Waals surface area contributed by atoms with Gasteiger partial charge in [0, 0.05) is 11.1 Å². The summed E-state index contributed by atoms with van der Waals surface area (Å²) in [5.74, 6) is 1.48. The standard InChI is InChI=1S/C46H72N2O4/c1-3-5-7-9-11-13-15-17-19-21-23-25-27-31-41-43(47-39-49)33-29-35-45(41)51-37-38-52-46-36-30-34-44(48-40-50)42(46)32-28-26-24-22-20-18-16-14-12-10-8-6-4-2/h29-30,33-36H,3-28,31-32,37-38H2,1-2H3. The van der Waals surface area contributed by atoms with Gasteiger partial charge in [0.1, 0.15) is 24.7 Å². The van der Waals surface area contributed by atoms with E-state index in [4.69, 9.17) is 9.47 Å². The molecule has 0 aliphatic rings. The van der Waals surface area contributed by atoms with Gasteiger partial charge in [-0.3, -0.25) is 0 Å². The van der Waals surface area contributed by atoms with Gasteiger partial charge in [0.25, 0.3) is 0 Å². The highest BCUT2D eigenvalue weighted by Gasteiger charge is 2.12. The zero-order valence-corrected chi connectivity index (χ0v) is 33.2. The molecular formula is C46H72N2O4. The van der Waals surface area contributed by atoms with E-state index in [9.17, 15) is 9.59 Å². The van der Waals surface area contributed by atoms with Crippen molar-refractivity contribution in [2.75, 3.05) is 13.2 Å². The molecular weight excluding hydrogens is 645 g/mol. The minimum absolute atomic E-state index is 0.346. The van der Waals surface area contributed by atoms with Crippen LogP contribution in [-0.4, -0.2) is 25.4 Å². The molecule has 0 aliphatic heterocycles. The fourth-order valence-electron chi connectivity index (χ4n) is 7.13. The maximum atomic E-state index is 11.2. The number of aliphatic imine (C=N–C) groups is 2. The number of unbranched alkanes of at least 4 members (excludes halogenated alkanes) is 24. The van der Waals surface area contributed by atoms with Gasteiger partial charge in [0.15, 0.2) is 0 Å². The van der Waals surface area contributed by atoms with Gasteiger partial charge in [0.05, 0.1) is 11.4 Å². The molecule has 0 aromatic heterocycles. The molecule has 0 spiro atoms. The number of rotatable bonds is 35. The van der Waals surface area contributed by atoms with Gasteiger partial charge in [0.2, 0.25) is 12.2 Å². The van der Waals surface area contributed by atoms with Crippen LogP contribution in [0.25, 0.3) is 0 Å². The van der Waals surface area contributed by atoms with Crippen LogP contribution in [0.2, 0.25) is 0 Å². The van der Waals surface area contributed by atoms with Crippen LogP contribution in [0.4, 0.5) is 11.4 Å². The lowest BCUT2D eigenvalue weighted by Crippen LogP contribution is -2.11. The van der Waals surface area contributed by atoms with Crippen LogP contribution < -0.4 is 9.47 Å². The first-order valence-corrected chi connectivity index (χ1v) is 21.4. The summed E-state index contributed by atoms with van der Waals surface area (Å²) >= 11 is 0. The molecule has 0 saturated heterocycles. The largest absolute Gasteiger partial charge is 0.490 e. The predicted molar refractivity (Wildman–Crippen MR) is 218 cm³/mol. The Hall–Kier alpha value is -3.20. The van der Waals surface area contributed by atoms with Crippen LogP contribution >= 0.6 is 0 Å². The van der Waals surface area contributed by atoms with Gasteiger partial charge < -0.3 is 9.47 Å². The monoisotopic (exact) mass is 717 g/mol. The van der Waals surface area contributed by atoms with Crippen molar-refractivity contribution >= 4 is 23.5 Å². The average molecular weight is 717 g/mol. The Morgan fingerprint density at radius 1 is 0.423 bits per heavy atom. The molecule has 0 radical (unpaired) electrons. The maximum absolute atomic E-state index is 11.2. The lowest BCUT2D eigenvalue weighted by atomic mass is 10.0. The second-order valence-electron chi connectivity index (χ2n) is 14.6. The Morgan fingerprint density at radius 2 is 0.712 bits per heavy atom. The summed E-state index contributed by atoms with van der Waals surface area (Å²) in [5, 5.41) is 0. The van der Waals surface area contributed by atoms with Crippen LogP contribution in [0, 0.1) is 0 Å². The third kappa shape index (κ3) is 21.4. The van der Waals surface area contributed by atoms with Crippen LogP contribution in [0.3, 0.4) is 0 Å². The normalized spacial score (nSPS) is 10.9. The molecule has 0 bridgehead atoms. The Kier molecular flexibility index (Phi) is 28.1. The van der Waals surface area contributed by atoms with E-state index in [0.717, 1.165) is 61.2 Å². The second-order valence-corrected chi connectivity index (χ2v) is 14.6. The van der Waals surface area contributed by atoms with Crippen LogP contribution in [0.1, 0.15) is 192 Å². The Bertz CT molecular complexity index is 1170. The van der Waals surface area contributed by atoms with Gasteiger partial charge >= 0.3 is 0 Å². The topological polar surface area (TPSA) is 77.3 Å². The lowest BCUT2D eigenvalue weighted by molar-refractivity contribution is 0.214. The van der Waals surface area contributed by atoms with E-state index in [2.05, 4.69) is 23.8 Å². The van der Waals surface area contributed by atoms with E-state index < -0.39 is 0 Å². The summed E-state index contributed by atoms with van der Waals surface area (Å²) in [6.07, 6.45) is 39.0. The predicted octanol–water partition coefficient (Wildman–Crippen LogP) is 14.3. The van der Waals surface area contributed by atoms with E-state index >= 15 is 0 Å². The van der Waals surface area contributed by atoms with E-state index in [0.29, 0.717) is 24.6 Å². The molecule has 2 aromatic carbocycles. The van der Waals surface area contributed by atoms with Crippen LogP contribution in [-0.2, 0) is 22.4 Å². The first-order chi connectivity index (χ1) is 25.7. The second kappa shape index (κ2) is 32.5. The van der Waals surface area contributed by atoms with Gasteiger partial charge in [-0.1, -0.05) is 180 Å². The van der Waals surface area contributed by atoms with Crippen molar-refractivity contribution in [2.45, 2.75) is 194 Å². The highest BCUT2D eigenvalue weighted by molar-refractivity contribution is 5.59. The number of isocyanates is 2. The number of benzene rings is 2. The van der Waals surface area contributed by atoms with E-state index in [1.807, 2.05) is 36.4 Å². The minimum Gasteiger partial charge on any atom is -0.490 e. The summed E-state index contributed by atoms with van der Waals surface area (Å²) in [6.45, 7) is 5.24. The molecule has 290 valence electrons. The van der Waals surface area contributed by atoms with Crippen molar-refractivity contribution in [1.82, 2.24) is 0 Å². The van der Waals surface area contributed by atoms with Crippen molar-refractivity contribution in [1.29, 1.82) is 0 Å². The molecule has 0 aliphatic carbocycles. The van der Waals surface area contributed by atoms with E-state index in [1.54, 1.807) is 12.2 Å². The Morgan fingerprint density at radius 3 is 1.00 bits per heavy atom. The van der Waals surface area contributed by atoms with Crippen molar-refractivity contribution in [3.63, 3.8) is 0 Å². The summed E-state index contributed by atoms with van der Waals surface area (Å²) in [5.41, 5.74) is 3.18. The number of carbonyl (C=O) groups excluding carboxylic acids is 2. The smallest absolute Gasteiger partial charge is 0.240 e. The summed E-state index contributed by atoms with van der Waals surface area (Å²) in [4.78, 5) is 30.3. The first kappa shape index (κ1) is 45.0. The van der Waals surface area contributed by atoms with E-state index in [-0.39, 0.29) is 0 Å². The molecule has 0 unspecified atom stereocenters. The number of hydrogen-bond donors (Lipinski definition) is 0. The minimum atomic E-state index is 0.346. The zero-order valence-electron chi connectivity index (χ0n) is 33.2. The SMILES string of the molecule is CCCCCCCCCCCCCCCc1c(N=C=O)cccc1OCCOc1cccc(N=C=O)c1CCCCCCCCCCCCCCC. The molecule has 6 nitrogen and oxygen atoms in total. The lowest BCUT2D eigenvalue weighted by Gasteiger charge is -2.16. The number of nitrogens with zero attached hydrogens (tertiary/aromatic N) is 2. The molecule has 52 heavy (non-hydrogen) atoms. The summed E-state index contributed by atoms with van der Waals surface area (Å²) < 4.78 is 12.4. The zero-order chi connectivity index (χ0) is 37.2. The van der Waals surface area contributed by atoms with Crippen molar-refractivity contribution < 1.29 is 19.1 Å². The van der Waals surface area contributed by atoms with E-state index in [1.165, 1.54) is 141 Å². The van der Waals surface area contributed by atoms with Gasteiger partial charge in [-0.05, 0) is 49.9 Å². The highest BCUT2D eigenvalue weighted by atomic mass is 16.5.